The van der Waals surface area contributed by atoms with E-state index in [0.717, 1.165) is 4.48 Å². The van der Waals surface area contributed by atoms with Gasteiger partial charge in [-0.25, -0.2) is 9.37 Å². The number of hydrogen-bond donors (Lipinski definition) is 1. The normalized spacial score (nSPS) is 10.5. The van der Waals surface area contributed by atoms with Crippen LogP contribution in [0.15, 0.2) is 40.5 Å². The minimum absolute atomic E-state index is 0.315. The van der Waals surface area contributed by atoms with Crippen LogP contribution in [0, 0.1) is 5.82 Å². The summed E-state index contributed by atoms with van der Waals surface area (Å²) in [5, 5.41) is 7.30. The molecule has 17 heavy (non-hydrogen) atoms. The van der Waals surface area contributed by atoms with E-state index in [0.29, 0.717) is 22.3 Å². The summed E-state index contributed by atoms with van der Waals surface area (Å²) in [4.78, 5) is 4.21. The number of H-pyrrole nitrogens is 1. The lowest BCUT2D eigenvalue weighted by Gasteiger charge is -1.96. The van der Waals surface area contributed by atoms with Gasteiger partial charge in [0.2, 0.25) is 5.16 Å². The minimum atomic E-state index is -0.315. The second-order valence-electron chi connectivity index (χ2n) is 3.25. The second-order valence-corrected chi connectivity index (χ2v) is 5.32. The highest BCUT2D eigenvalue weighted by molar-refractivity contribution is 9.11. The van der Waals surface area contributed by atoms with Crippen molar-refractivity contribution in [3.8, 4) is 11.4 Å². The molecule has 0 spiro atoms. The Kier molecular flexibility index (Phi) is 3.96. The Morgan fingerprint density at radius 1 is 1.47 bits per heavy atom. The van der Waals surface area contributed by atoms with Crippen LogP contribution in [-0.2, 0) is 0 Å². The summed E-state index contributed by atoms with van der Waals surface area (Å²) in [7, 11) is 0. The van der Waals surface area contributed by atoms with Crippen molar-refractivity contribution in [2.75, 3.05) is 5.75 Å². The Hall–Kier alpha value is -1.14. The maximum absolute atomic E-state index is 13.5. The smallest absolute Gasteiger partial charge is 0.209 e. The van der Waals surface area contributed by atoms with E-state index in [1.807, 2.05) is 0 Å². The SMILES string of the molecule is C=C(Br)CSc1n[nH]c(-c2ccccc2F)n1. The summed E-state index contributed by atoms with van der Waals surface area (Å²) in [5.74, 6) is 0.796. The fourth-order valence-electron chi connectivity index (χ4n) is 1.23. The van der Waals surface area contributed by atoms with E-state index in [9.17, 15) is 4.39 Å². The van der Waals surface area contributed by atoms with Gasteiger partial charge in [-0.1, -0.05) is 46.4 Å². The first-order valence-corrected chi connectivity index (χ1v) is 6.58. The lowest BCUT2D eigenvalue weighted by atomic mass is 10.2. The van der Waals surface area contributed by atoms with Gasteiger partial charge >= 0.3 is 0 Å². The number of halogens is 2. The van der Waals surface area contributed by atoms with Crippen LogP contribution in [0.5, 0.6) is 0 Å². The van der Waals surface area contributed by atoms with Gasteiger partial charge in [0.05, 0.1) is 5.56 Å². The molecule has 0 radical (unpaired) electrons. The first kappa shape index (κ1) is 12.3. The van der Waals surface area contributed by atoms with Crippen LogP contribution in [-0.4, -0.2) is 20.9 Å². The largest absolute Gasteiger partial charge is 0.258 e. The second kappa shape index (κ2) is 5.46. The molecular weight excluding hydrogens is 305 g/mol. The predicted molar refractivity (Wildman–Crippen MR) is 70.6 cm³/mol. The fourth-order valence-corrected chi connectivity index (χ4v) is 2.12. The van der Waals surface area contributed by atoms with Crippen molar-refractivity contribution in [3.05, 3.63) is 41.1 Å². The summed E-state index contributed by atoms with van der Waals surface area (Å²) in [5.41, 5.74) is 0.421. The summed E-state index contributed by atoms with van der Waals surface area (Å²) in [6.45, 7) is 3.72. The third kappa shape index (κ3) is 3.17. The highest BCUT2D eigenvalue weighted by Gasteiger charge is 2.09. The number of rotatable bonds is 4. The van der Waals surface area contributed by atoms with Crippen LogP contribution in [0.2, 0.25) is 0 Å². The predicted octanol–water partition coefficient (Wildman–Crippen LogP) is 3.61. The first-order valence-electron chi connectivity index (χ1n) is 4.80. The Morgan fingerprint density at radius 3 is 2.94 bits per heavy atom. The Morgan fingerprint density at radius 2 is 2.24 bits per heavy atom. The molecule has 0 aliphatic carbocycles. The fraction of sp³-hybridized carbons (Fsp3) is 0.0909. The average molecular weight is 314 g/mol. The molecule has 1 heterocycles. The van der Waals surface area contributed by atoms with E-state index in [2.05, 4.69) is 37.7 Å². The van der Waals surface area contributed by atoms with Gasteiger partial charge in [0.15, 0.2) is 5.82 Å². The third-order valence-corrected chi connectivity index (χ3v) is 3.54. The molecule has 0 aliphatic rings. The lowest BCUT2D eigenvalue weighted by Crippen LogP contribution is -1.85. The molecule has 2 aromatic rings. The van der Waals surface area contributed by atoms with E-state index >= 15 is 0 Å². The summed E-state index contributed by atoms with van der Waals surface area (Å²) in [6, 6.07) is 6.45. The number of aromatic amines is 1. The van der Waals surface area contributed by atoms with Crippen molar-refractivity contribution >= 4 is 27.7 Å². The van der Waals surface area contributed by atoms with E-state index in [-0.39, 0.29) is 5.82 Å². The quantitative estimate of drug-likeness (QED) is 0.877. The van der Waals surface area contributed by atoms with Crippen molar-refractivity contribution in [1.82, 2.24) is 15.2 Å². The highest BCUT2D eigenvalue weighted by atomic mass is 79.9. The number of nitrogens with zero attached hydrogens (tertiary/aromatic N) is 2. The van der Waals surface area contributed by atoms with Gasteiger partial charge in [-0.3, -0.25) is 5.10 Å². The molecule has 88 valence electrons. The monoisotopic (exact) mass is 313 g/mol. The molecule has 0 saturated heterocycles. The van der Waals surface area contributed by atoms with Crippen LogP contribution < -0.4 is 0 Å². The van der Waals surface area contributed by atoms with E-state index < -0.39 is 0 Å². The number of nitrogens with one attached hydrogen (secondary N) is 1. The Labute approximate surface area is 111 Å². The molecule has 0 aliphatic heterocycles. The molecule has 2 rings (SSSR count). The number of aromatic nitrogens is 3. The van der Waals surface area contributed by atoms with Crippen LogP contribution in [0.25, 0.3) is 11.4 Å². The Balaban J connectivity index is 2.18. The molecule has 3 nitrogen and oxygen atoms in total. The number of benzene rings is 1. The van der Waals surface area contributed by atoms with Gasteiger partial charge in [0.1, 0.15) is 5.82 Å². The maximum Gasteiger partial charge on any atom is 0.209 e. The number of hydrogen-bond acceptors (Lipinski definition) is 3. The van der Waals surface area contributed by atoms with Gasteiger partial charge in [-0.15, -0.1) is 5.10 Å². The first-order chi connectivity index (χ1) is 8.16. The molecule has 0 amide bonds. The zero-order valence-corrected chi connectivity index (χ0v) is 11.2. The van der Waals surface area contributed by atoms with Crippen molar-refractivity contribution in [3.63, 3.8) is 0 Å². The van der Waals surface area contributed by atoms with Crippen molar-refractivity contribution < 1.29 is 4.39 Å². The van der Waals surface area contributed by atoms with Crippen LogP contribution in [0.4, 0.5) is 4.39 Å². The van der Waals surface area contributed by atoms with E-state index in [4.69, 9.17) is 0 Å². The van der Waals surface area contributed by atoms with Crippen LogP contribution in [0.1, 0.15) is 0 Å². The Bertz CT molecular complexity index is 541. The van der Waals surface area contributed by atoms with Crippen molar-refractivity contribution in [2.45, 2.75) is 5.16 Å². The number of thioether (sulfide) groups is 1. The molecule has 0 fully saturated rings. The zero-order valence-electron chi connectivity index (χ0n) is 8.78. The van der Waals surface area contributed by atoms with Gasteiger partial charge in [-0.2, -0.15) is 0 Å². The van der Waals surface area contributed by atoms with Crippen molar-refractivity contribution in [2.24, 2.45) is 0 Å². The molecule has 1 aromatic heterocycles. The molecule has 6 heteroatoms. The summed E-state index contributed by atoms with van der Waals surface area (Å²) < 4.78 is 14.3. The standard InChI is InChI=1S/C11H9BrFN3S/c1-7(12)6-17-11-14-10(15-16-11)8-4-2-3-5-9(8)13/h2-5H,1,6H2,(H,14,15,16). The summed E-state index contributed by atoms with van der Waals surface area (Å²) >= 11 is 4.68. The molecule has 0 atom stereocenters. The topological polar surface area (TPSA) is 41.6 Å². The lowest BCUT2D eigenvalue weighted by molar-refractivity contribution is 0.630. The zero-order chi connectivity index (χ0) is 12.3. The maximum atomic E-state index is 13.5. The van der Waals surface area contributed by atoms with Crippen LogP contribution >= 0.6 is 27.7 Å². The molecule has 0 saturated carbocycles. The third-order valence-electron chi connectivity index (χ3n) is 1.95. The van der Waals surface area contributed by atoms with E-state index in [1.54, 1.807) is 18.2 Å². The molecule has 0 unspecified atom stereocenters. The van der Waals surface area contributed by atoms with Gasteiger partial charge in [0.25, 0.3) is 0 Å². The molecular formula is C11H9BrFN3S. The highest BCUT2D eigenvalue weighted by Crippen LogP contribution is 2.23. The molecule has 0 bridgehead atoms. The minimum Gasteiger partial charge on any atom is -0.258 e. The van der Waals surface area contributed by atoms with Gasteiger partial charge in [0, 0.05) is 5.75 Å². The van der Waals surface area contributed by atoms with Crippen LogP contribution in [0.3, 0.4) is 0 Å². The van der Waals surface area contributed by atoms with Crippen molar-refractivity contribution in [1.29, 1.82) is 0 Å². The molecule has 1 aromatic carbocycles. The van der Waals surface area contributed by atoms with E-state index in [1.165, 1.54) is 17.8 Å². The van der Waals surface area contributed by atoms with Gasteiger partial charge < -0.3 is 0 Å². The average Bonchev–Trinajstić information content (AvgIpc) is 2.75. The molecule has 1 N–H and O–H groups in total. The summed E-state index contributed by atoms with van der Waals surface area (Å²) in [6.07, 6.45) is 0. The van der Waals surface area contributed by atoms with Gasteiger partial charge in [-0.05, 0) is 16.6 Å².